The molecule has 0 bridgehead atoms. The first-order valence-corrected chi connectivity index (χ1v) is 12.4. The van der Waals surface area contributed by atoms with Crippen molar-refractivity contribution in [3.63, 3.8) is 0 Å². The Kier molecular flexibility index (Phi) is 7.32. The number of ether oxygens (including phenoxy) is 1. The molecule has 2 aliphatic heterocycles. The maximum atomic E-state index is 13.6. The summed E-state index contributed by atoms with van der Waals surface area (Å²) in [5, 5.41) is 37.5. The minimum Gasteiger partial charge on any atom is -0.392 e. The lowest BCUT2D eigenvalue weighted by Gasteiger charge is -2.47. The lowest BCUT2D eigenvalue weighted by molar-refractivity contribution is -0.135. The molecule has 1 saturated heterocycles. The number of piperidine rings is 1. The lowest BCUT2D eigenvalue weighted by atomic mass is 9.81. The molecule has 2 aromatic heterocycles. The van der Waals surface area contributed by atoms with Gasteiger partial charge in [-0.3, -0.25) is 9.58 Å². The molecule has 1 spiro atoms. The highest BCUT2D eigenvalue weighted by atomic mass is 32.1. The molecule has 0 aromatic carbocycles. The maximum absolute atomic E-state index is 13.6. The van der Waals surface area contributed by atoms with Gasteiger partial charge in [-0.2, -0.15) is 18.7 Å². The van der Waals surface area contributed by atoms with Gasteiger partial charge in [-0.25, -0.2) is 0 Å². The van der Waals surface area contributed by atoms with Gasteiger partial charge < -0.3 is 20.2 Å². The van der Waals surface area contributed by atoms with E-state index in [0.717, 1.165) is 11.3 Å². The van der Waals surface area contributed by atoms with Crippen LogP contribution in [0.2, 0.25) is 0 Å². The molecule has 196 valence electrons. The number of nitrogens with zero attached hydrogens (tertiary/aromatic N) is 4. The standard InChI is InChI=1S/C22H32F3N5O4S/c1-13-8-21(18-15(4-7-34-21)16(12-31)19(35-18)22(23,24)25)5-6-29(13)9-14-10-30(28-26-14)11-17(27-33)20(2,3)32/h10,13,17,27,31-33H,4-9,11-12H2,1-3H3/t13-,17?,21+/m0/s1. The van der Waals surface area contributed by atoms with E-state index in [4.69, 9.17) is 4.74 Å². The van der Waals surface area contributed by atoms with Gasteiger partial charge in [0.1, 0.15) is 10.5 Å². The molecule has 4 N–H and O–H groups in total. The number of rotatable bonds is 7. The fourth-order valence-electron chi connectivity index (χ4n) is 5.08. The highest BCUT2D eigenvalue weighted by Gasteiger charge is 2.48. The second kappa shape index (κ2) is 9.69. The molecule has 3 atom stereocenters. The second-order valence-electron chi connectivity index (χ2n) is 10.0. The Morgan fingerprint density at radius 1 is 1.37 bits per heavy atom. The summed E-state index contributed by atoms with van der Waals surface area (Å²) in [4.78, 5) is 2.08. The van der Waals surface area contributed by atoms with Crippen molar-refractivity contribution in [3.8, 4) is 0 Å². The Balaban J connectivity index is 1.48. The molecule has 13 heteroatoms. The summed E-state index contributed by atoms with van der Waals surface area (Å²) in [6.07, 6.45) is -1.31. The topological polar surface area (TPSA) is 116 Å². The number of likely N-dealkylation sites (tertiary alicyclic amines) is 1. The number of hydrogen-bond donors (Lipinski definition) is 4. The summed E-state index contributed by atoms with van der Waals surface area (Å²) in [6.45, 7) is 6.21. The quantitative estimate of drug-likeness (QED) is 0.413. The summed E-state index contributed by atoms with van der Waals surface area (Å²) < 4.78 is 48.6. The van der Waals surface area contributed by atoms with Crippen molar-refractivity contribution < 1.29 is 33.3 Å². The fraction of sp³-hybridized carbons (Fsp3) is 0.727. The number of fused-ring (bicyclic) bond motifs is 2. The highest BCUT2D eigenvalue weighted by molar-refractivity contribution is 7.12. The zero-order valence-corrected chi connectivity index (χ0v) is 20.8. The van der Waals surface area contributed by atoms with Gasteiger partial charge >= 0.3 is 6.18 Å². The number of aliphatic hydroxyl groups excluding tert-OH is 1. The number of alkyl halides is 3. The normalized spacial score (nSPS) is 24.7. The molecule has 0 amide bonds. The third kappa shape index (κ3) is 5.26. The number of aliphatic hydroxyl groups is 2. The van der Waals surface area contributed by atoms with Gasteiger partial charge in [-0.05, 0) is 45.6 Å². The van der Waals surface area contributed by atoms with E-state index in [1.54, 1.807) is 24.7 Å². The summed E-state index contributed by atoms with van der Waals surface area (Å²) >= 11 is 0.718. The Labute approximate surface area is 205 Å². The van der Waals surface area contributed by atoms with Gasteiger partial charge in [0.25, 0.3) is 0 Å². The fourth-order valence-corrected chi connectivity index (χ4v) is 6.49. The van der Waals surface area contributed by atoms with Crippen LogP contribution in [0.5, 0.6) is 0 Å². The van der Waals surface area contributed by atoms with Crippen LogP contribution in [-0.2, 0) is 42.6 Å². The van der Waals surface area contributed by atoms with Gasteiger partial charge in [0.05, 0.1) is 37.1 Å². The molecule has 0 aliphatic carbocycles. The first-order chi connectivity index (χ1) is 16.4. The van der Waals surface area contributed by atoms with Crippen LogP contribution in [0.25, 0.3) is 0 Å². The van der Waals surface area contributed by atoms with Crippen molar-refractivity contribution in [1.29, 1.82) is 0 Å². The van der Waals surface area contributed by atoms with Crippen molar-refractivity contribution in [3.05, 3.63) is 32.8 Å². The minimum absolute atomic E-state index is 0.00592. The van der Waals surface area contributed by atoms with Crippen LogP contribution < -0.4 is 5.48 Å². The summed E-state index contributed by atoms with van der Waals surface area (Å²) in [5.74, 6) is 0. The van der Waals surface area contributed by atoms with E-state index in [1.165, 1.54) is 0 Å². The zero-order chi connectivity index (χ0) is 25.6. The predicted molar refractivity (Wildman–Crippen MR) is 121 cm³/mol. The van der Waals surface area contributed by atoms with Crippen LogP contribution in [0.1, 0.15) is 60.2 Å². The molecule has 35 heavy (non-hydrogen) atoms. The first kappa shape index (κ1) is 26.5. The van der Waals surface area contributed by atoms with E-state index in [1.807, 2.05) is 6.92 Å². The molecule has 2 aromatic rings. The number of hydrogen-bond acceptors (Lipinski definition) is 9. The van der Waals surface area contributed by atoms with E-state index in [0.29, 0.717) is 55.1 Å². The predicted octanol–water partition coefficient (Wildman–Crippen LogP) is 2.42. The smallest absolute Gasteiger partial charge is 0.392 e. The van der Waals surface area contributed by atoms with E-state index < -0.39 is 34.9 Å². The van der Waals surface area contributed by atoms with Crippen molar-refractivity contribution in [2.75, 3.05) is 13.2 Å². The number of aromatic nitrogens is 3. The van der Waals surface area contributed by atoms with Crippen molar-refractivity contribution in [1.82, 2.24) is 25.4 Å². The van der Waals surface area contributed by atoms with E-state index >= 15 is 0 Å². The molecule has 0 radical (unpaired) electrons. The average molecular weight is 520 g/mol. The molecular weight excluding hydrogens is 487 g/mol. The largest absolute Gasteiger partial charge is 0.425 e. The minimum atomic E-state index is -4.50. The third-order valence-corrected chi connectivity index (χ3v) is 8.56. The summed E-state index contributed by atoms with van der Waals surface area (Å²) in [5.41, 5.74) is 1.45. The Morgan fingerprint density at radius 3 is 2.71 bits per heavy atom. The molecule has 9 nitrogen and oxygen atoms in total. The number of thiophene rings is 1. The van der Waals surface area contributed by atoms with Crippen LogP contribution >= 0.6 is 11.3 Å². The average Bonchev–Trinajstić information content (AvgIpc) is 3.38. The van der Waals surface area contributed by atoms with Gasteiger partial charge in [0.2, 0.25) is 0 Å². The van der Waals surface area contributed by atoms with E-state index in [2.05, 4.69) is 20.7 Å². The molecule has 4 rings (SSSR count). The monoisotopic (exact) mass is 519 g/mol. The Hall–Kier alpha value is -1.61. The number of nitrogens with one attached hydrogen (secondary N) is 1. The van der Waals surface area contributed by atoms with E-state index in [9.17, 15) is 28.6 Å². The molecule has 1 fully saturated rings. The highest BCUT2D eigenvalue weighted by Crippen LogP contribution is 2.51. The summed E-state index contributed by atoms with van der Waals surface area (Å²) in [6, 6.07) is -0.628. The number of halogens is 3. The molecule has 2 aliphatic rings. The van der Waals surface area contributed by atoms with Crippen molar-refractivity contribution in [2.24, 2.45) is 0 Å². The van der Waals surface area contributed by atoms with Crippen molar-refractivity contribution >= 4 is 11.3 Å². The van der Waals surface area contributed by atoms with Gasteiger partial charge in [-0.15, -0.1) is 16.4 Å². The molecular formula is C22H32F3N5O4S. The SMILES string of the molecule is C[C@H]1C[C@@]2(CCN1Cc1cn(CC(NO)C(C)(C)O)nn1)OCCc1c2sc(C(F)(F)F)c1CO. The molecule has 1 unspecified atom stereocenters. The summed E-state index contributed by atoms with van der Waals surface area (Å²) in [7, 11) is 0. The van der Waals surface area contributed by atoms with Gasteiger partial charge in [0.15, 0.2) is 0 Å². The molecule has 4 heterocycles. The molecule has 0 saturated carbocycles. The zero-order valence-electron chi connectivity index (χ0n) is 20.0. The van der Waals surface area contributed by atoms with Crippen LogP contribution in [-0.4, -0.2) is 66.2 Å². The van der Waals surface area contributed by atoms with Gasteiger partial charge in [-0.1, -0.05) is 5.21 Å². The Morgan fingerprint density at radius 2 is 2.11 bits per heavy atom. The van der Waals surface area contributed by atoms with E-state index in [-0.39, 0.29) is 18.2 Å². The van der Waals surface area contributed by atoms with Crippen LogP contribution in [0.3, 0.4) is 0 Å². The van der Waals surface area contributed by atoms with Gasteiger partial charge in [0, 0.05) is 35.8 Å². The van der Waals surface area contributed by atoms with Crippen LogP contribution in [0.15, 0.2) is 6.20 Å². The Bertz CT molecular complexity index is 1040. The van der Waals surface area contributed by atoms with Crippen LogP contribution in [0, 0.1) is 0 Å². The lowest BCUT2D eigenvalue weighted by Crippen LogP contribution is -2.50. The number of hydroxylamine groups is 1. The van der Waals surface area contributed by atoms with Crippen molar-refractivity contribution in [2.45, 2.75) is 89.2 Å². The second-order valence-corrected chi connectivity index (χ2v) is 11.0. The first-order valence-electron chi connectivity index (χ1n) is 11.6. The maximum Gasteiger partial charge on any atom is 0.425 e. The third-order valence-electron chi connectivity index (χ3n) is 7.06. The van der Waals surface area contributed by atoms with Crippen LogP contribution in [0.4, 0.5) is 13.2 Å².